The van der Waals surface area contributed by atoms with Crippen molar-refractivity contribution in [2.45, 2.75) is 56.3 Å². The number of H-pyrrole nitrogens is 1. The van der Waals surface area contributed by atoms with Crippen LogP contribution in [0, 0.1) is 5.92 Å². The molecule has 2 aromatic rings. The van der Waals surface area contributed by atoms with Crippen molar-refractivity contribution in [1.29, 1.82) is 0 Å². The van der Waals surface area contributed by atoms with E-state index in [1.807, 2.05) is 0 Å². The van der Waals surface area contributed by atoms with Crippen LogP contribution in [0.5, 0.6) is 5.75 Å². The molecule has 2 aliphatic rings. The fourth-order valence-electron chi connectivity index (χ4n) is 3.48. The Morgan fingerprint density at radius 3 is 2.39 bits per heavy atom. The first kappa shape index (κ1) is 19.4. The van der Waals surface area contributed by atoms with E-state index >= 15 is 0 Å². The Hall–Kier alpha value is -1.93. The number of ether oxygens (including phenoxy) is 1. The lowest BCUT2D eigenvalue weighted by Gasteiger charge is -2.30. The predicted molar refractivity (Wildman–Crippen MR) is 106 cm³/mol. The van der Waals surface area contributed by atoms with Crippen molar-refractivity contribution in [2.75, 3.05) is 19.7 Å². The summed E-state index contributed by atoms with van der Waals surface area (Å²) in [4.78, 5) is 4.95. The molecule has 1 aliphatic carbocycles. The Labute approximate surface area is 166 Å². The lowest BCUT2D eigenvalue weighted by atomic mass is 9.97. The fourth-order valence-corrected chi connectivity index (χ4v) is 4.95. The summed E-state index contributed by atoms with van der Waals surface area (Å²) in [7, 11) is -3.48. The second-order valence-corrected chi connectivity index (χ2v) is 10.1. The second kappa shape index (κ2) is 7.83. The number of benzene rings is 1. The fraction of sp³-hybridized carbons (Fsp3) is 0.600. The summed E-state index contributed by atoms with van der Waals surface area (Å²) >= 11 is 0. The van der Waals surface area contributed by atoms with E-state index in [9.17, 15) is 8.42 Å². The summed E-state index contributed by atoms with van der Waals surface area (Å²) in [6.07, 6.45) is 3.87. The normalized spacial score (nSPS) is 19.2. The van der Waals surface area contributed by atoms with E-state index in [4.69, 9.17) is 4.74 Å². The molecule has 1 saturated carbocycles. The first-order chi connectivity index (χ1) is 13.4. The minimum Gasteiger partial charge on any atom is -0.493 e. The average Bonchev–Trinajstić information content (AvgIpc) is 3.43. The molecule has 8 heteroatoms. The quantitative estimate of drug-likeness (QED) is 0.765. The van der Waals surface area contributed by atoms with Crippen molar-refractivity contribution in [3.8, 4) is 5.75 Å². The third kappa shape index (κ3) is 4.22. The molecule has 1 saturated heterocycles. The highest BCUT2D eigenvalue weighted by atomic mass is 32.2. The third-order valence-corrected chi connectivity index (χ3v) is 7.26. The van der Waals surface area contributed by atoms with Gasteiger partial charge in [-0.05, 0) is 55.9 Å². The van der Waals surface area contributed by atoms with Gasteiger partial charge in [-0.25, -0.2) is 13.4 Å². The van der Waals surface area contributed by atoms with Crippen LogP contribution in [0.15, 0.2) is 29.2 Å². The van der Waals surface area contributed by atoms with Crippen molar-refractivity contribution < 1.29 is 13.2 Å². The number of piperidine rings is 1. The van der Waals surface area contributed by atoms with Gasteiger partial charge in [0.15, 0.2) is 5.82 Å². The van der Waals surface area contributed by atoms with Gasteiger partial charge in [-0.2, -0.15) is 9.40 Å². The molecular formula is C20H28N4O3S. The highest BCUT2D eigenvalue weighted by Crippen LogP contribution is 2.38. The van der Waals surface area contributed by atoms with Crippen LogP contribution in [0.25, 0.3) is 0 Å². The molecule has 1 aromatic carbocycles. The van der Waals surface area contributed by atoms with Crippen LogP contribution >= 0.6 is 0 Å². The summed E-state index contributed by atoms with van der Waals surface area (Å²) in [6, 6.07) is 6.73. The lowest BCUT2D eigenvalue weighted by molar-refractivity contribution is 0.271. The summed E-state index contributed by atoms with van der Waals surface area (Å²) in [6.45, 7) is 5.77. The van der Waals surface area contributed by atoms with Gasteiger partial charge in [0.2, 0.25) is 10.0 Å². The van der Waals surface area contributed by atoms with E-state index in [0.29, 0.717) is 42.2 Å². The molecule has 0 amide bonds. The zero-order valence-electron chi connectivity index (χ0n) is 16.5. The lowest BCUT2D eigenvalue weighted by Crippen LogP contribution is -2.38. The zero-order chi connectivity index (χ0) is 19.7. The molecule has 1 aromatic heterocycles. The molecule has 0 bridgehead atoms. The van der Waals surface area contributed by atoms with Crippen LogP contribution < -0.4 is 4.74 Å². The molecule has 1 aliphatic heterocycles. The Morgan fingerprint density at radius 2 is 1.79 bits per heavy atom. The molecule has 0 spiro atoms. The smallest absolute Gasteiger partial charge is 0.243 e. The van der Waals surface area contributed by atoms with E-state index in [0.717, 1.165) is 24.5 Å². The van der Waals surface area contributed by atoms with Crippen molar-refractivity contribution in [3.05, 3.63) is 35.9 Å². The average molecular weight is 405 g/mol. The first-order valence-corrected chi connectivity index (χ1v) is 11.5. The first-order valence-electron chi connectivity index (χ1n) is 10.1. The van der Waals surface area contributed by atoms with Crippen LogP contribution in [0.1, 0.15) is 63.0 Å². The van der Waals surface area contributed by atoms with E-state index in [1.54, 1.807) is 28.6 Å². The van der Waals surface area contributed by atoms with Gasteiger partial charge in [-0.3, -0.25) is 5.10 Å². The van der Waals surface area contributed by atoms with Gasteiger partial charge in [-0.1, -0.05) is 13.8 Å². The van der Waals surface area contributed by atoms with E-state index in [2.05, 4.69) is 29.0 Å². The van der Waals surface area contributed by atoms with Crippen molar-refractivity contribution in [2.24, 2.45) is 5.92 Å². The van der Waals surface area contributed by atoms with Gasteiger partial charge < -0.3 is 4.74 Å². The highest BCUT2D eigenvalue weighted by Gasteiger charge is 2.33. The van der Waals surface area contributed by atoms with Gasteiger partial charge in [0.05, 0.1) is 11.5 Å². The van der Waals surface area contributed by atoms with Gasteiger partial charge in [0.1, 0.15) is 11.6 Å². The molecule has 4 rings (SSSR count). The van der Waals surface area contributed by atoms with Crippen molar-refractivity contribution in [3.63, 3.8) is 0 Å². The molecule has 0 unspecified atom stereocenters. The monoisotopic (exact) mass is 404 g/mol. The standard InChI is InChI=1S/C20H28N4O3S/c1-14(2)13-27-17-5-7-18(8-6-17)28(25,26)24-11-9-16(10-12-24)20-21-19(22-23-20)15-3-4-15/h5-8,14-16H,3-4,9-13H2,1-2H3,(H,21,22,23). The van der Waals surface area contributed by atoms with Crippen LogP contribution in [0.4, 0.5) is 0 Å². The second-order valence-electron chi connectivity index (χ2n) is 8.21. The molecule has 0 atom stereocenters. The van der Waals surface area contributed by atoms with Crippen LogP contribution in [-0.4, -0.2) is 47.6 Å². The summed E-state index contributed by atoms with van der Waals surface area (Å²) in [5, 5.41) is 7.39. The number of sulfonamides is 1. The summed E-state index contributed by atoms with van der Waals surface area (Å²) in [5.74, 6) is 3.73. The number of hydrogen-bond donors (Lipinski definition) is 1. The highest BCUT2D eigenvalue weighted by molar-refractivity contribution is 7.89. The van der Waals surface area contributed by atoms with Gasteiger partial charge in [0.25, 0.3) is 0 Å². The Morgan fingerprint density at radius 1 is 1.11 bits per heavy atom. The topological polar surface area (TPSA) is 88.2 Å². The summed E-state index contributed by atoms with van der Waals surface area (Å²) < 4.78 is 33.1. The minimum absolute atomic E-state index is 0.248. The van der Waals surface area contributed by atoms with E-state index in [1.165, 1.54) is 12.8 Å². The third-order valence-electron chi connectivity index (χ3n) is 5.35. The Bertz CT molecular complexity index is 896. The molecule has 7 nitrogen and oxygen atoms in total. The molecule has 152 valence electrons. The molecule has 2 fully saturated rings. The molecule has 28 heavy (non-hydrogen) atoms. The van der Waals surface area contributed by atoms with E-state index < -0.39 is 10.0 Å². The van der Waals surface area contributed by atoms with Gasteiger partial charge in [-0.15, -0.1) is 0 Å². The maximum absolute atomic E-state index is 13.0. The van der Waals surface area contributed by atoms with Crippen molar-refractivity contribution in [1.82, 2.24) is 19.5 Å². The van der Waals surface area contributed by atoms with Crippen LogP contribution in [0.2, 0.25) is 0 Å². The van der Waals surface area contributed by atoms with Crippen LogP contribution in [0.3, 0.4) is 0 Å². The number of aromatic nitrogens is 3. The number of rotatable bonds is 7. The minimum atomic E-state index is -3.48. The number of aromatic amines is 1. The maximum atomic E-state index is 13.0. The number of nitrogens with zero attached hydrogens (tertiary/aromatic N) is 3. The van der Waals surface area contributed by atoms with E-state index in [-0.39, 0.29) is 5.92 Å². The number of hydrogen-bond acceptors (Lipinski definition) is 5. The largest absolute Gasteiger partial charge is 0.493 e. The Kier molecular flexibility index (Phi) is 5.42. The molecular weight excluding hydrogens is 376 g/mol. The molecule has 2 heterocycles. The Balaban J connectivity index is 1.37. The molecule has 0 radical (unpaired) electrons. The van der Waals surface area contributed by atoms with Gasteiger partial charge >= 0.3 is 0 Å². The summed E-state index contributed by atoms with van der Waals surface area (Å²) in [5.41, 5.74) is 0. The SMILES string of the molecule is CC(C)COc1ccc(S(=O)(=O)N2CCC(c3nc(C4CC4)n[nH]3)CC2)cc1. The maximum Gasteiger partial charge on any atom is 0.243 e. The van der Waals surface area contributed by atoms with Crippen molar-refractivity contribution >= 4 is 10.0 Å². The van der Waals surface area contributed by atoms with Crippen LogP contribution in [-0.2, 0) is 10.0 Å². The predicted octanol–water partition coefficient (Wildman–Crippen LogP) is 3.29. The van der Waals surface area contributed by atoms with Gasteiger partial charge in [0, 0.05) is 24.9 Å². The number of nitrogens with one attached hydrogen (secondary N) is 1. The molecule has 1 N–H and O–H groups in total. The zero-order valence-corrected chi connectivity index (χ0v) is 17.3.